The summed E-state index contributed by atoms with van der Waals surface area (Å²) < 4.78 is 44.4. The second-order valence-electron chi connectivity index (χ2n) is 3.29. The Balaban J connectivity index is 2.83. The van der Waals surface area contributed by atoms with E-state index in [1.54, 1.807) is 6.92 Å². The average Bonchev–Trinajstić information content (AvgIpc) is 2.25. The summed E-state index contributed by atoms with van der Waals surface area (Å²) in [5.41, 5.74) is 0.249. The van der Waals surface area contributed by atoms with E-state index < -0.39 is 24.2 Å². The first kappa shape index (κ1) is 14.3. The molecule has 0 amide bonds. The number of alkyl halides is 3. The van der Waals surface area contributed by atoms with Gasteiger partial charge in [0.15, 0.2) is 6.10 Å². The highest BCUT2D eigenvalue weighted by atomic mass is 19.4. The van der Waals surface area contributed by atoms with Crippen molar-refractivity contribution < 1.29 is 32.5 Å². The summed E-state index contributed by atoms with van der Waals surface area (Å²) in [4.78, 5) is 10.9. The van der Waals surface area contributed by atoms with Gasteiger partial charge in [0.05, 0.1) is 0 Å². The molecule has 100 valence electrons. The highest BCUT2D eigenvalue weighted by molar-refractivity contribution is 5.74. The van der Waals surface area contributed by atoms with E-state index in [0.29, 0.717) is 0 Å². The molecule has 0 aliphatic rings. The molecule has 0 aliphatic carbocycles. The van der Waals surface area contributed by atoms with Crippen molar-refractivity contribution in [1.82, 2.24) is 0 Å². The number of carboxylic acid groups (broad SMARTS) is 1. The fourth-order valence-corrected chi connectivity index (χ4v) is 1.32. The number of rotatable bonds is 5. The predicted octanol–water partition coefficient (Wildman–Crippen LogP) is 2.75. The van der Waals surface area contributed by atoms with Gasteiger partial charge in [-0.3, -0.25) is 0 Å². The van der Waals surface area contributed by atoms with E-state index in [9.17, 15) is 18.0 Å². The fraction of sp³-hybridized carbons (Fsp3) is 0.364. The molecule has 0 radical (unpaired) electrons. The summed E-state index contributed by atoms with van der Waals surface area (Å²) in [6.45, 7) is 1.80. The van der Waals surface area contributed by atoms with Gasteiger partial charge in [-0.15, -0.1) is 13.2 Å². The van der Waals surface area contributed by atoms with Gasteiger partial charge in [0.2, 0.25) is 0 Å². The number of hydrogen-bond acceptors (Lipinski definition) is 3. The Morgan fingerprint density at radius 3 is 2.28 bits per heavy atom. The first-order valence-electron chi connectivity index (χ1n) is 5.03. The number of aliphatic carboxylic acids is 1. The van der Waals surface area contributed by atoms with E-state index in [1.807, 2.05) is 0 Å². The van der Waals surface area contributed by atoms with Gasteiger partial charge >= 0.3 is 12.3 Å². The second-order valence-corrected chi connectivity index (χ2v) is 3.29. The van der Waals surface area contributed by atoms with Crippen LogP contribution in [0.2, 0.25) is 0 Å². The minimum Gasteiger partial charge on any atom is -0.479 e. The molecule has 0 unspecified atom stereocenters. The molecule has 0 aliphatic heterocycles. The Morgan fingerprint density at radius 1 is 1.33 bits per heavy atom. The summed E-state index contributed by atoms with van der Waals surface area (Å²) in [6, 6.07) is 4.51. The Labute approximate surface area is 101 Å². The minimum atomic E-state index is -4.77. The topological polar surface area (TPSA) is 55.8 Å². The molecule has 0 heterocycles. The van der Waals surface area contributed by atoms with Crippen LogP contribution in [0.25, 0.3) is 0 Å². The Hall–Kier alpha value is -1.76. The van der Waals surface area contributed by atoms with Crippen molar-refractivity contribution in [2.24, 2.45) is 0 Å². The Kier molecular flexibility index (Phi) is 4.55. The maximum absolute atomic E-state index is 11.9. The molecule has 0 spiro atoms. The van der Waals surface area contributed by atoms with Crippen LogP contribution in [-0.4, -0.2) is 24.0 Å². The Morgan fingerprint density at radius 2 is 1.89 bits per heavy atom. The zero-order chi connectivity index (χ0) is 13.8. The van der Waals surface area contributed by atoms with Crippen molar-refractivity contribution >= 4 is 5.97 Å². The molecule has 0 aromatic heterocycles. The smallest absolute Gasteiger partial charge is 0.479 e. The van der Waals surface area contributed by atoms with Gasteiger partial charge in [0, 0.05) is 6.61 Å². The number of hydrogen-bond donors (Lipinski definition) is 1. The number of ether oxygens (including phenoxy) is 2. The molecule has 0 saturated carbocycles. The van der Waals surface area contributed by atoms with Crippen LogP contribution in [0.5, 0.6) is 5.75 Å². The summed E-state index contributed by atoms with van der Waals surface area (Å²) in [5, 5.41) is 8.88. The first-order valence-corrected chi connectivity index (χ1v) is 5.03. The van der Waals surface area contributed by atoms with E-state index in [2.05, 4.69) is 4.74 Å². The summed E-state index contributed by atoms with van der Waals surface area (Å²) in [7, 11) is 0. The molecule has 18 heavy (non-hydrogen) atoms. The van der Waals surface area contributed by atoms with Crippen LogP contribution in [0.15, 0.2) is 24.3 Å². The van der Waals surface area contributed by atoms with Crippen LogP contribution in [0.1, 0.15) is 18.6 Å². The molecule has 0 saturated heterocycles. The van der Waals surface area contributed by atoms with Crippen LogP contribution in [0.3, 0.4) is 0 Å². The third-order valence-corrected chi connectivity index (χ3v) is 1.97. The zero-order valence-corrected chi connectivity index (χ0v) is 9.40. The monoisotopic (exact) mass is 264 g/mol. The van der Waals surface area contributed by atoms with Crippen LogP contribution in [0, 0.1) is 0 Å². The summed E-state index contributed by atoms with van der Waals surface area (Å²) >= 11 is 0. The van der Waals surface area contributed by atoms with Crippen molar-refractivity contribution in [3.05, 3.63) is 29.8 Å². The van der Waals surface area contributed by atoms with Crippen molar-refractivity contribution in [2.45, 2.75) is 19.4 Å². The van der Waals surface area contributed by atoms with E-state index in [4.69, 9.17) is 9.84 Å². The van der Waals surface area contributed by atoms with Crippen molar-refractivity contribution in [3.63, 3.8) is 0 Å². The van der Waals surface area contributed by atoms with Crippen molar-refractivity contribution in [3.8, 4) is 5.75 Å². The summed E-state index contributed by atoms with van der Waals surface area (Å²) in [5.74, 6) is -1.62. The lowest BCUT2D eigenvalue weighted by Gasteiger charge is -2.14. The third kappa shape index (κ3) is 4.25. The summed E-state index contributed by atoms with van der Waals surface area (Å²) in [6.07, 6.45) is -5.97. The third-order valence-electron chi connectivity index (χ3n) is 1.97. The lowest BCUT2D eigenvalue weighted by atomic mass is 10.1. The van der Waals surface area contributed by atoms with E-state index in [1.165, 1.54) is 12.1 Å². The lowest BCUT2D eigenvalue weighted by molar-refractivity contribution is -0.274. The number of carbonyl (C=O) groups is 1. The normalized spacial score (nSPS) is 13.1. The molecular weight excluding hydrogens is 253 g/mol. The van der Waals surface area contributed by atoms with Crippen LogP contribution in [-0.2, 0) is 9.53 Å². The standard InChI is InChI=1S/C11H11F3O4/c1-2-17-9(10(15)16)7-3-5-8(6-4-7)18-11(12,13)14/h3-6,9H,2H2,1H3,(H,15,16)/t9-/m0/s1. The maximum Gasteiger partial charge on any atom is 0.573 e. The zero-order valence-electron chi connectivity index (χ0n) is 9.40. The van der Waals surface area contributed by atoms with Gasteiger partial charge in [-0.2, -0.15) is 0 Å². The Bertz CT molecular complexity index is 400. The van der Waals surface area contributed by atoms with Crippen LogP contribution >= 0.6 is 0 Å². The van der Waals surface area contributed by atoms with Crippen LogP contribution < -0.4 is 4.74 Å². The quantitative estimate of drug-likeness (QED) is 0.888. The van der Waals surface area contributed by atoms with Gasteiger partial charge in [0.25, 0.3) is 0 Å². The minimum absolute atomic E-state index is 0.178. The number of halogens is 3. The first-order chi connectivity index (χ1) is 8.33. The lowest BCUT2D eigenvalue weighted by Crippen LogP contribution is -2.18. The molecule has 4 nitrogen and oxygen atoms in total. The van der Waals surface area contributed by atoms with E-state index in [0.717, 1.165) is 12.1 Å². The van der Waals surface area contributed by atoms with Crippen LogP contribution in [0.4, 0.5) is 13.2 Å². The molecule has 7 heteroatoms. The molecule has 1 aromatic rings. The predicted molar refractivity (Wildman–Crippen MR) is 55.1 cm³/mol. The fourth-order valence-electron chi connectivity index (χ4n) is 1.32. The van der Waals surface area contributed by atoms with E-state index in [-0.39, 0.29) is 12.2 Å². The SMILES string of the molecule is CCO[C@H](C(=O)O)c1ccc(OC(F)(F)F)cc1. The number of benzene rings is 1. The molecular formula is C11H11F3O4. The van der Waals surface area contributed by atoms with Gasteiger partial charge < -0.3 is 14.6 Å². The molecule has 1 rings (SSSR count). The molecule has 1 atom stereocenters. The van der Waals surface area contributed by atoms with Gasteiger partial charge in [-0.25, -0.2) is 4.79 Å². The highest BCUT2D eigenvalue weighted by Gasteiger charge is 2.31. The number of carboxylic acids is 1. The second kappa shape index (κ2) is 5.72. The molecule has 0 bridgehead atoms. The largest absolute Gasteiger partial charge is 0.573 e. The van der Waals surface area contributed by atoms with Gasteiger partial charge in [-0.05, 0) is 24.6 Å². The highest BCUT2D eigenvalue weighted by Crippen LogP contribution is 2.25. The maximum atomic E-state index is 11.9. The van der Waals surface area contributed by atoms with E-state index >= 15 is 0 Å². The average molecular weight is 264 g/mol. The molecule has 0 fully saturated rings. The van der Waals surface area contributed by atoms with Crippen molar-refractivity contribution in [2.75, 3.05) is 6.61 Å². The van der Waals surface area contributed by atoms with Gasteiger partial charge in [0.1, 0.15) is 5.75 Å². The molecule has 1 N–H and O–H groups in total. The van der Waals surface area contributed by atoms with Gasteiger partial charge in [-0.1, -0.05) is 12.1 Å². The molecule has 1 aromatic carbocycles. The van der Waals surface area contributed by atoms with Crippen molar-refractivity contribution in [1.29, 1.82) is 0 Å².